The number of para-hydroxylation sites is 2. The van der Waals surface area contributed by atoms with Gasteiger partial charge in [0.15, 0.2) is 0 Å². The van der Waals surface area contributed by atoms with Crippen molar-refractivity contribution in [3.63, 3.8) is 0 Å². The zero-order chi connectivity index (χ0) is 33.5. The van der Waals surface area contributed by atoms with Crippen molar-refractivity contribution in [3.05, 3.63) is 168 Å². The molecular formula is C45H31N3OS2. The first-order valence-corrected chi connectivity index (χ1v) is 19.0. The Bertz CT molecular complexity index is 2940. The van der Waals surface area contributed by atoms with E-state index in [1.54, 1.807) is 0 Å². The molecule has 1 saturated heterocycles. The second-order valence-corrected chi connectivity index (χ2v) is 15.5. The molecule has 3 N–H and O–H groups in total. The average molecular weight is 694 g/mol. The Balaban J connectivity index is 1.02. The van der Waals surface area contributed by atoms with Crippen molar-refractivity contribution in [2.45, 2.75) is 18.5 Å². The van der Waals surface area contributed by atoms with Gasteiger partial charge in [-0.05, 0) is 29.3 Å². The Morgan fingerprint density at radius 1 is 0.412 bits per heavy atom. The summed E-state index contributed by atoms with van der Waals surface area (Å²) in [4.78, 5) is 0. The van der Waals surface area contributed by atoms with Gasteiger partial charge in [0, 0.05) is 67.8 Å². The molecule has 3 atom stereocenters. The lowest BCUT2D eigenvalue weighted by Gasteiger charge is -2.39. The lowest BCUT2D eigenvalue weighted by atomic mass is 9.99. The minimum Gasteiger partial charge on any atom is -0.455 e. The summed E-state index contributed by atoms with van der Waals surface area (Å²) in [5, 5.41) is 19.3. The summed E-state index contributed by atoms with van der Waals surface area (Å²) < 4.78 is 11.7. The SMILES string of the molecule is c1ccc(C2NC(c3ccc4c(c3)sc3c(-c5cccc6c5oc5ccccc56)cccc34)NC(c3cccc4c3sc3ccccc34)N2)cc1. The molecule has 0 aliphatic carbocycles. The van der Waals surface area contributed by atoms with Crippen LogP contribution in [-0.4, -0.2) is 0 Å². The second-order valence-electron chi connectivity index (χ2n) is 13.4. The highest BCUT2D eigenvalue weighted by Gasteiger charge is 2.31. The van der Waals surface area contributed by atoms with Gasteiger partial charge in [0.05, 0.1) is 18.5 Å². The van der Waals surface area contributed by atoms with Crippen LogP contribution in [0, 0.1) is 0 Å². The van der Waals surface area contributed by atoms with E-state index in [0.717, 1.165) is 27.5 Å². The van der Waals surface area contributed by atoms with E-state index in [-0.39, 0.29) is 18.5 Å². The number of nitrogens with one attached hydrogen (secondary N) is 3. The summed E-state index contributed by atoms with van der Waals surface area (Å²) >= 11 is 3.74. The summed E-state index contributed by atoms with van der Waals surface area (Å²) in [6.45, 7) is 0. The molecule has 4 nitrogen and oxygen atoms in total. The Morgan fingerprint density at radius 3 is 1.92 bits per heavy atom. The van der Waals surface area contributed by atoms with Crippen molar-refractivity contribution in [3.8, 4) is 11.1 Å². The van der Waals surface area contributed by atoms with E-state index in [9.17, 15) is 0 Å². The molecule has 10 aromatic rings. The predicted molar refractivity (Wildman–Crippen MR) is 215 cm³/mol. The highest BCUT2D eigenvalue weighted by molar-refractivity contribution is 7.26. The van der Waals surface area contributed by atoms with E-state index >= 15 is 0 Å². The molecule has 0 spiro atoms. The largest absolute Gasteiger partial charge is 0.455 e. The molecule has 51 heavy (non-hydrogen) atoms. The maximum Gasteiger partial charge on any atom is 0.143 e. The van der Waals surface area contributed by atoms with E-state index in [0.29, 0.717) is 0 Å². The van der Waals surface area contributed by atoms with Gasteiger partial charge in [0.1, 0.15) is 11.2 Å². The number of thiophene rings is 2. The first kappa shape index (κ1) is 29.4. The van der Waals surface area contributed by atoms with E-state index in [1.807, 2.05) is 28.7 Å². The number of hydrogen-bond donors (Lipinski definition) is 3. The van der Waals surface area contributed by atoms with E-state index in [1.165, 1.54) is 62.6 Å². The van der Waals surface area contributed by atoms with Crippen molar-refractivity contribution in [2.24, 2.45) is 0 Å². The molecular weight excluding hydrogens is 663 g/mol. The standard InChI is InChI=1S/C45H31N3OS2/c1-2-11-26(12-3-1)43-46-44(48-45(47-43)36-20-10-18-33-29-14-5-7-22-38(29)50-42(33)36)27-23-24-30-34-17-9-19-35(41(34)51-39(30)25-27)32-16-8-15-31-28-13-4-6-21-37(28)49-40(31)32/h1-25,43-48H. The van der Waals surface area contributed by atoms with Gasteiger partial charge in [0.2, 0.25) is 0 Å². The topological polar surface area (TPSA) is 49.2 Å². The number of hydrogen-bond acceptors (Lipinski definition) is 6. The van der Waals surface area contributed by atoms with Crippen LogP contribution >= 0.6 is 22.7 Å². The van der Waals surface area contributed by atoms with Crippen LogP contribution < -0.4 is 16.0 Å². The highest BCUT2D eigenvalue weighted by Crippen LogP contribution is 2.44. The van der Waals surface area contributed by atoms with E-state index in [2.05, 4.69) is 162 Å². The fraction of sp³-hybridized carbons (Fsp3) is 0.0667. The third kappa shape index (κ3) is 4.69. The van der Waals surface area contributed by atoms with Crippen molar-refractivity contribution in [2.75, 3.05) is 0 Å². The van der Waals surface area contributed by atoms with Gasteiger partial charge in [-0.1, -0.05) is 133 Å². The highest BCUT2D eigenvalue weighted by atomic mass is 32.1. The zero-order valence-corrected chi connectivity index (χ0v) is 29.0. The molecule has 1 aliphatic rings. The summed E-state index contributed by atoms with van der Waals surface area (Å²) in [5.41, 5.74) is 7.90. The Morgan fingerprint density at radius 2 is 1.04 bits per heavy atom. The number of furan rings is 1. The number of rotatable bonds is 4. The third-order valence-electron chi connectivity index (χ3n) is 10.4. The van der Waals surface area contributed by atoms with Crippen LogP contribution in [0.4, 0.5) is 0 Å². The van der Waals surface area contributed by atoms with Crippen molar-refractivity contribution >= 4 is 85.0 Å². The first-order valence-electron chi connectivity index (χ1n) is 17.4. The van der Waals surface area contributed by atoms with Crippen LogP contribution in [0.5, 0.6) is 0 Å². The van der Waals surface area contributed by atoms with Crippen molar-refractivity contribution in [1.29, 1.82) is 0 Å². The van der Waals surface area contributed by atoms with E-state index in [4.69, 9.17) is 4.42 Å². The van der Waals surface area contributed by atoms with Crippen LogP contribution in [0.25, 0.3) is 73.4 Å². The first-order chi connectivity index (χ1) is 25.3. The second kappa shape index (κ2) is 11.6. The fourth-order valence-electron chi connectivity index (χ4n) is 8.02. The van der Waals surface area contributed by atoms with Crippen molar-refractivity contribution < 1.29 is 4.42 Å². The lowest BCUT2D eigenvalue weighted by Crippen LogP contribution is -2.54. The molecule has 6 heteroatoms. The van der Waals surface area contributed by atoms with Crippen LogP contribution in [0.1, 0.15) is 35.2 Å². The zero-order valence-electron chi connectivity index (χ0n) is 27.4. The lowest BCUT2D eigenvalue weighted by molar-refractivity contribution is 0.204. The van der Waals surface area contributed by atoms with Crippen molar-refractivity contribution in [1.82, 2.24) is 16.0 Å². The summed E-state index contributed by atoms with van der Waals surface area (Å²) in [7, 11) is 0. The maximum atomic E-state index is 6.48. The van der Waals surface area contributed by atoms with Gasteiger partial charge in [-0.25, -0.2) is 0 Å². The minimum atomic E-state index is -0.0792. The number of benzene rings is 7. The summed E-state index contributed by atoms with van der Waals surface area (Å²) in [5.74, 6) is 0. The molecule has 11 rings (SSSR count). The van der Waals surface area contributed by atoms with Crippen LogP contribution in [0.3, 0.4) is 0 Å². The summed E-state index contributed by atoms with van der Waals surface area (Å²) in [6.07, 6.45) is -0.183. The normalized spacial score (nSPS) is 18.2. The molecule has 1 aliphatic heterocycles. The molecule has 0 bridgehead atoms. The molecule has 0 amide bonds. The van der Waals surface area contributed by atoms with Gasteiger partial charge in [-0.3, -0.25) is 16.0 Å². The fourth-order valence-corrected chi connectivity index (χ4v) is 10.5. The molecule has 1 fully saturated rings. The third-order valence-corrected chi connectivity index (χ3v) is 12.9. The van der Waals surface area contributed by atoms with Gasteiger partial charge < -0.3 is 4.42 Å². The maximum absolute atomic E-state index is 6.48. The quantitative estimate of drug-likeness (QED) is 0.172. The molecule has 4 heterocycles. The van der Waals surface area contributed by atoms with Gasteiger partial charge in [0.25, 0.3) is 0 Å². The minimum absolute atomic E-state index is 0.0407. The molecule has 3 aromatic heterocycles. The Kier molecular flexibility index (Phi) is 6.69. The average Bonchev–Trinajstić information content (AvgIpc) is 3.89. The Hall–Kier alpha value is -5.34. The number of fused-ring (bicyclic) bond motifs is 9. The molecule has 0 saturated carbocycles. The predicted octanol–water partition coefficient (Wildman–Crippen LogP) is 12.2. The van der Waals surface area contributed by atoms with E-state index < -0.39 is 0 Å². The molecule has 3 unspecified atom stereocenters. The summed E-state index contributed by atoms with van der Waals surface area (Å²) in [6, 6.07) is 54.6. The van der Waals surface area contributed by atoms with Gasteiger partial charge in [-0.15, -0.1) is 22.7 Å². The van der Waals surface area contributed by atoms with Crippen LogP contribution in [-0.2, 0) is 0 Å². The molecule has 0 radical (unpaired) electrons. The Labute approximate surface area is 302 Å². The monoisotopic (exact) mass is 693 g/mol. The van der Waals surface area contributed by atoms with Gasteiger partial charge in [-0.2, -0.15) is 0 Å². The smallest absolute Gasteiger partial charge is 0.143 e. The van der Waals surface area contributed by atoms with Gasteiger partial charge >= 0.3 is 0 Å². The molecule has 7 aromatic carbocycles. The molecule has 244 valence electrons. The van der Waals surface area contributed by atoms with Crippen LogP contribution in [0.2, 0.25) is 0 Å². The van der Waals surface area contributed by atoms with Crippen LogP contribution in [0.15, 0.2) is 156 Å².